The summed E-state index contributed by atoms with van der Waals surface area (Å²) in [5.74, 6) is 0.684. The molecule has 4 heteroatoms. The van der Waals surface area contributed by atoms with Crippen LogP contribution in [0.15, 0.2) is 18.2 Å². The molecule has 1 unspecified atom stereocenters. The van der Waals surface area contributed by atoms with Gasteiger partial charge in [-0.1, -0.05) is 37.3 Å². The largest absolute Gasteiger partial charge is 0.357 e. The molecule has 110 valence electrons. The van der Waals surface area contributed by atoms with E-state index in [9.17, 15) is 0 Å². The van der Waals surface area contributed by atoms with Crippen molar-refractivity contribution < 1.29 is 0 Å². The van der Waals surface area contributed by atoms with E-state index in [0.29, 0.717) is 12.0 Å². The van der Waals surface area contributed by atoms with E-state index >= 15 is 0 Å². The molecule has 0 amide bonds. The first-order valence-electron chi connectivity index (χ1n) is 7.23. The van der Waals surface area contributed by atoms with Crippen molar-refractivity contribution in [2.45, 2.75) is 33.2 Å². The summed E-state index contributed by atoms with van der Waals surface area (Å²) >= 11 is 1.75. The minimum Gasteiger partial charge on any atom is -0.357 e. The molecule has 0 saturated heterocycles. The summed E-state index contributed by atoms with van der Waals surface area (Å²) in [6.07, 6.45) is 1.16. The van der Waals surface area contributed by atoms with Crippen molar-refractivity contribution in [2.75, 3.05) is 26.0 Å². The first-order chi connectivity index (χ1) is 9.45. The van der Waals surface area contributed by atoms with Gasteiger partial charge in [0.15, 0.2) is 5.13 Å². The average Bonchev–Trinajstić information content (AvgIpc) is 2.71. The summed E-state index contributed by atoms with van der Waals surface area (Å²) in [5, 5.41) is 4.67. The van der Waals surface area contributed by atoms with Crippen molar-refractivity contribution >= 4 is 26.7 Å². The number of aryl methyl sites for hydroxylation is 1. The molecule has 20 heavy (non-hydrogen) atoms. The molecule has 0 fully saturated rings. The minimum atomic E-state index is 0.450. The number of nitrogens with zero attached hydrogens (tertiary/aromatic N) is 2. The normalized spacial score (nSPS) is 13.3. The summed E-state index contributed by atoms with van der Waals surface area (Å²) in [7, 11) is 4.25. The number of hydrogen-bond donors (Lipinski definition) is 1. The first kappa shape index (κ1) is 15.3. The molecular formula is C16H25N3S. The average molecular weight is 291 g/mol. The van der Waals surface area contributed by atoms with Crippen molar-refractivity contribution in [3.63, 3.8) is 0 Å². The monoisotopic (exact) mass is 291 g/mol. The lowest BCUT2D eigenvalue weighted by Crippen LogP contribution is -2.33. The van der Waals surface area contributed by atoms with E-state index < -0.39 is 0 Å². The van der Waals surface area contributed by atoms with Gasteiger partial charge in [-0.05, 0) is 45.0 Å². The molecule has 1 N–H and O–H groups in total. The zero-order valence-corrected chi connectivity index (χ0v) is 13.9. The summed E-state index contributed by atoms with van der Waals surface area (Å²) < 4.78 is 1.26. The molecule has 3 nitrogen and oxygen atoms in total. The predicted octanol–water partition coefficient (Wildman–Crippen LogP) is 3.99. The van der Waals surface area contributed by atoms with Crippen LogP contribution in [0.5, 0.6) is 0 Å². The Labute approximate surface area is 126 Å². The standard InChI is InChI=1S/C16H25N3S/c1-11(2)9-13(10-19(4)5)17-16-18-15-12(3)7-6-8-14(15)20-16/h6-8,11,13H,9-10H2,1-5H3,(H,17,18). The maximum atomic E-state index is 4.76. The Bertz CT molecular complexity index is 550. The summed E-state index contributed by atoms with van der Waals surface area (Å²) in [5.41, 5.74) is 2.38. The van der Waals surface area contributed by atoms with E-state index in [2.05, 4.69) is 63.3 Å². The van der Waals surface area contributed by atoms with Gasteiger partial charge in [-0.3, -0.25) is 0 Å². The number of para-hydroxylation sites is 1. The molecule has 1 aromatic heterocycles. The second-order valence-corrected chi connectivity index (χ2v) is 7.20. The van der Waals surface area contributed by atoms with E-state index in [4.69, 9.17) is 4.98 Å². The lowest BCUT2D eigenvalue weighted by molar-refractivity contribution is 0.356. The lowest BCUT2D eigenvalue weighted by atomic mass is 10.0. The molecule has 2 aromatic rings. The first-order valence-corrected chi connectivity index (χ1v) is 8.04. The van der Waals surface area contributed by atoms with Gasteiger partial charge in [-0.15, -0.1) is 0 Å². The molecule has 0 saturated carbocycles. The van der Waals surface area contributed by atoms with Crippen molar-refractivity contribution in [3.05, 3.63) is 23.8 Å². The van der Waals surface area contributed by atoms with Gasteiger partial charge in [0.25, 0.3) is 0 Å². The van der Waals surface area contributed by atoms with Gasteiger partial charge in [0.2, 0.25) is 0 Å². The van der Waals surface area contributed by atoms with Crippen LogP contribution in [0.2, 0.25) is 0 Å². The summed E-state index contributed by atoms with van der Waals surface area (Å²) in [6, 6.07) is 6.82. The van der Waals surface area contributed by atoms with E-state index in [1.165, 1.54) is 10.3 Å². The van der Waals surface area contributed by atoms with Crippen LogP contribution < -0.4 is 5.32 Å². The maximum absolute atomic E-state index is 4.76. The van der Waals surface area contributed by atoms with Crippen molar-refractivity contribution in [3.8, 4) is 0 Å². The van der Waals surface area contributed by atoms with E-state index in [-0.39, 0.29) is 0 Å². The van der Waals surface area contributed by atoms with Crippen LogP contribution in [0, 0.1) is 12.8 Å². The lowest BCUT2D eigenvalue weighted by Gasteiger charge is -2.23. The molecule has 1 atom stereocenters. The fraction of sp³-hybridized carbons (Fsp3) is 0.562. The molecule has 0 aliphatic heterocycles. The van der Waals surface area contributed by atoms with Gasteiger partial charge in [0.1, 0.15) is 0 Å². The second kappa shape index (κ2) is 6.55. The van der Waals surface area contributed by atoms with Crippen molar-refractivity contribution in [2.24, 2.45) is 5.92 Å². The topological polar surface area (TPSA) is 28.2 Å². The Morgan fingerprint density at radius 2 is 2.05 bits per heavy atom. The number of anilines is 1. The maximum Gasteiger partial charge on any atom is 0.184 e. The van der Waals surface area contributed by atoms with Crippen LogP contribution in [-0.4, -0.2) is 36.6 Å². The van der Waals surface area contributed by atoms with Gasteiger partial charge in [-0.25, -0.2) is 4.98 Å². The Morgan fingerprint density at radius 3 is 2.65 bits per heavy atom. The molecule has 0 aliphatic rings. The zero-order valence-electron chi connectivity index (χ0n) is 13.1. The van der Waals surface area contributed by atoms with Gasteiger partial charge in [0, 0.05) is 12.6 Å². The Balaban J connectivity index is 2.17. The highest BCUT2D eigenvalue weighted by atomic mass is 32.1. The SMILES string of the molecule is Cc1cccc2sc(NC(CC(C)C)CN(C)C)nc12. The number of likely N-dealkylation sites (N-methyl/N-ethyl adjacent to an activating group) is 1. The van der Waals surface area contributed by atoms with E-state index in [1.807, 2.05) is 0 Å². The van der Waals surface area contributed by atoms with E-state index in [1.54, 1.807) is 11.3 Å². The number of aromatic nitrogens is 1. The smallest absolute Gasteiger partial charge is 0.184 e. The number of hydrogen-bond acceptors (Lipinski definition) is 4. The fourth-order valence-corrected chi connectivity index (χ4v) is 3.53. The van der Waals surface area contributed by atoms with Crippen LogP contribution in [-0.2, 0) is 0 Å². The van der Waals surface area contributed by atoms with Crippen LogP contribution in [0.4, 0.5) is 5.13 Å². The third-order valence-corrected chi connectivity index (χ3v) is 4.24. The second-order valence-electron chi connectivity index (χ2n) is 6.17. The quantitative estimate of drug-likeness (QED) is 0.872. The Kier molecular flexibility index (Phi) is 5.00. The molecule has 0 bridgehead atoms. The highest BCUT2D eigenvalue weighted by Crippen LogP contribution is 2.28. The van der Waals surface area contributed by atoms with Crippen molar-refractivity contribution in [1.29, 1.82) is 0 Å². The number of thiazole rings is 1. The predicted molar refractivity (Wildman–Crippen MR) is 89.8 cm³/mol. The Morgan fingerprint density at radius 1 is 1.30 bits per heavy atom. The zero-order chi connectivity index (χ0) is 14.7. The molecule has 1 aromatic carbocycles. The third kappa shape index (κ3) is 3.93. The van der Waals surface area contributed by atoms with Gasteiger partial charge < -0.3 is 10.2 Å². The number of rotatable bonds is 6. The van der Waals surface area contributed by atoms with Crippen molar-refractivity contribution in [1.82, 2.24) is 9.88 Å². The van der Waals surface area contributed by atoms with Crippen LogP contribution in [0.1, 0.15) is 25.8 Å². The molecular weight excluding hydrogens is 266 g/mol. The number of benzene rings is 1. The van der Waals surface area contributed by atoms with Gasteiger partial charge in [0.05, 0.1) is 10.2 Å². The summed E-state index contributed by atoms with van der Waals surface area (Å²) in [4.78, 5) is 6.99. The molecule has 0 radical (unpaired) electrons. The van der Waals surface area contributed by atoms with Crippen LogP contribution in [0.3, 0.4) is 0 Å². The molecule has 1 heterocycles. The fourth-order valence-electron chi connectivity index (χ4n) is 2.51. The number of fused-ring (bicyclic) bond motifs is 1. The van der Waals surface area contributed by atoms with Crippen LogP contribution >= 0.6 is 11.3 Å². The Hall–Kier alpha value is -1.13. The number of nitrogens with one attached hydrogen (secondary N) is 1. The minimum absolute atomic E-state index is 0.450. The van der Waals surface area contributed by atoms with E-state index in [0.717, 1.165) is 23.6 Å². The molecule has 0 aliphatic carbocycles. The highest BCUT2D eigenvalue weighted by Gasteiger charge is 2.14. The summed E-state index contributed by atoms with van der Waals surface area (Å²) in [6.45, 7) is 7.70. The molecule has 2 rings (SSSR count). The highest BCUT2D eigenvalue weighted by molar-refractivity contribution is 7.22. The molecule has 0 spiro atoms. The van der Waals surface area contributed by atoms with Gasteiger partial charge >= 0.3 is 0 Å². The van der Waals surface area contributed by atoms with Gasteiger partial charge in [-0.2, -0.15) is 0 Å². The third-order valence-electron chi connectivity index (χ3n) is 3.29. The van der Waals surface area contributed by atoms with Crippen LogP contribution in [0.25, 0.3) is 10.2 Å².